The van der Waals surface area contributed by atoms with Gasteiger partial charge in [0, 0.05) is 29.8 Å². The van der Waals surface area contributed by atoms with E-state index in [2.05, 4.69) is 21.2 Å². The van der Waals surface area contributed by atoms with Gasteiger partial charge in [0.2, 0.25) is 5.91 Å². The Labute approximate surface area is 175 Å². The Bertz CT molecular complexity index is 1010. The van der Waals surface area contributed by atoms with E-state index in [-0.39, 0.29) is 29.3 Å². The number of benzene rings is 1. The lowest BCUT2D eigenvalue weighted by atomic mass is 9.56. The van der Waals surface area contributed by atoms with Gasteiger partial charge in [0.1, 0.15) is 5.75 Å². The molecule has 3 heterocycles. The van der Waals surface area contributed by atoms with Crippen LogP contribution in [0.25, 0.3) is 10.9 Å². The van der Waals surface area contributed by atoms with Crippen LogP contribution in [0, 0.1) is 22.7 Å². The summed E-state index contributed by atoms with van der Waals surface area (Å²) in [7, 11) is 1.59. The molecule has 4 fully saturated rings. The number of hydrogen-bond donors (Lipinski definition) is 1. The minimum absolute atomic E-state index is 0.0667. The molecule has 2 aromatic rings. The van der Waals surface area contributed by atoms with E-state index in [4.69, 9.17) is 16.3 Å². The summed E-state index contributed by atoms with van der Waals surface area (Å²) in [6.07, 6.45) is 5.19. The van der Waals surface area contributed by atoms with Crippen LogP contribution in [0.4, 0.5) is 0 Å². The summed E-state index contributed by atoms with van der Waals surface area (Å²) in [5, 5.41) is 18.6. The SMILES string of the molecule is COc1ccc2[nH]nc(C(C)CC(=O)N3C4CC5CC3CC(C#N)(C5)C4)c2c1Cl. The molecule has 2 saturated heterocycles. The molecule has 7 heteroatoms. The fourth-order valence-electron chi connectivity index (χ4n) is 6.23. The van der Waals surface area contributed by atoms with Crippen LogP contribution < -0.4 is 4.74 Å². The number of ether oxygens (including phenoxy) is 1. The maximum absolute atomic E-state index is 13.3. The van der Waals surface area contributed by atoms with Crippen molar-refractivity contribution in [1.82, 2.24) is 15.1 Å². The number of piperidine rings is 2. The predicted octanol–water partition coefficient (Wildman–Crippen LogP) is 4.40. The number of rotatable bonds is 4. The van der Waals surface area contributed by atoms with Gasteiger partial charge in [-0.25, -0.2) is 0 Å². The summed E-state index contributed by atoms with van der Waals surface area (Å²) in [5.41, 5.74) is 1.45. The van der Waals surface area contributed by atoms with Crippen molar-refractivity contribution in [2.45, 2.75) is 63.5 Å². The highest BCUT2D eigenvalue weighted by atomic mass is 35.5. The van der Waals surface area contributed by atoms with Crippen LogP contribution in [0.5, 0.6) is 5.75 Å². The quantitative estimate of drug-likeness (QED) is 0.806. The van der Waals surface area contributed by atoms with Gasteiger partial charge >= 0.3 is 0 Å². The molecule has 29 heavy (non-hydrogen) atoms. The maximum atomic E-state index is 13.3. The molecule has 4 aliphatic rings. The number of halogens is 1. The Morgan fingerprint density at radius 1 is 1.41 bits per heavy atom. The van der Waals surface area contributed by atoms with Crippen molar-refractivity contribution in [1.29, 1.82) is 5.26 Å². The molecule has 0 spiro atoms. The number of amides is 1. The molecule has 1 aromatic carbocycles. The van der Waals surface area contributed by atoms with Crippen molar-refractivity contribution in [2.75, 3.05) is 7.11 Å². The molecule has 2 aliphatic carbocycles. The van der Waals surface area contributed by atoms with Crippen LogP contribution in [0.3, 0.4) is 0 Å². The maximum Gasteiger partial charge on any atom is 0.223 e. The predicted molar refractivity (Wildman–Crippen MR) is 110 cm³/mol. The second kappa shape index (κ2) is 6.63. The normalized spacial score (nSPS) is 31.1. The summed E-state index contributed by atoms with van der Waals surface area (Å²) in [6, 6.07) is 6.75. The number of methoxy groups -OCH3 is 1. The standard InChI is InChI=1S/C22H25ClN4O2/c1-12(21-19-16(25-26-21)3-4-17(29-2)20(19)23)5-18(28)27-14-6-13-7-15(27)10-22(8-13,9-14)11-24/h3-4,12-15H,5-10H2,1-2H3,(H,25,26). The first kappa shape index (κ1) is 18.7. The first-order valence-corrected chi connectivity index (χ1v) is 10.8. The zero-order valence-electron chi connectivity index (χ0n) is 16.7. The Morgan fingerprint density at radius 3 is 2.79 bits per heavy atom. The smallest absolute Gasteiger partial charge is 0.223 e. The lowest BCUT2D eigenvalue weighted by Crippen LogP contribution is -2.63. The Hall–Kier alpha value is -2.26. The van der Waals surface area contributed by atoms with Crippen LogP contribution in [-0.4, -0.2) is 40.2 Å². The van der Waals surface area contributed by atoms with E-state index in [0.29, 0.717) is 23.1 Å². The third-order valence-corrected chi connectivity index (χ3v) is 7.66. The second-order valence-corrected chi connectivity index (χ2v) is 9.55. The van der Waals surface area contributed by atoms with Crippen LogP contribution in [0.1, 0.15) is 57.1 Å². The molecule has 1 amide bonds. The van der Waals surface area contributed by atoms with Crippen molar-refractivity contribution >= 4 is 28.4 Å². The van der Waals surface area contributed by atoms with Crippen molar-refractivity contribution < 1.29 is 9.53 Å². The van der Waals surface area contributed by atoms with Crippen LogP contribution in [-0.2, 0) is 4.79 Å². The molecule has 152 valence electrons. The molecule has 6 rings (SSSR count). The van der Waals surface area contributed by atoms with Crippen LogP contribution in [0.2, 0.25) is 5.02 Å². The molecular formula is C22H25ClN4O2. The molecule has 1 N–H and O–H groups in total. The van der Waals surface area contributed by atoms with E-state index in [0.717, 1.165) is 48.7 Å². The van der Waals surface area contributed by atoms with Gasteiger partial charge in [-0.15, -0.1) is 0 Å². The van der Waals surface area contributed by atoms with Crippen molar-refractivity contribution in [3.63, 3.8) is 0 Å². The summed E-state index contributed by atoms with van der Waals surface area (Å²) >= 11 is 6.54. The first-order chi connectivity index (χ1) is 13.9. The number of hydrogen-bond acceptors (Lipinski definition) is 4. The first-order valence-electron chi connectivity index (χ1n) is 10.4. The molecule has 6 nitrogen and oxygen atoms in total. The van der Waals surface area contributed by atoms with Gasteiger partial charge in [0.25, 0.3) is 0 Å². The van der Waals surface area contributed by atoms with Gasteiger partial charge in [-0.2, -0.15) is 10.4 Å². The zero-order valence-corrected chi connectivity index (χ0v) is 17.5. The number of carbonyl (C=O) groups is 1. The molecule has 4 bridgehead atoms. The molecule has 0 radical (unpaired) electrons. The molecule has 1 aromatic heterocycles. The van der Waals surface area contributed by atoms with Gasteiger partial charge in [0.05, 0.1) is 34.8 Å². The summed E-state index contributed by atoms with van der Waals surface area (Å²) in [4.78, 5) is 15.4. The summed E-state index contributed by atoms with van der Waals surface area (Å²) < 4.78 is 5.34. The largest absolute Gasteiger partial charge is 0.495 e. The lowest BCUT2D eigenvalue weighted by molar-refractivity contribution is -0.153. The van der Waals surface area contributed by atoms with E-state index >= 15 is 0 Å². The Morgan fingerprint density at radius 2 is 2.14 bits per heavy atom. The van der Waals surface area contributed by atoms with E-state index in [1.807, 2.05) is 19.1 Å². The van der Waals surface area contributed by atoms with E-state index in [1.54, 1.807) is 7.11 Å². The number of H-pyrrole nitrogens is 1. The summed E-state index contributed by atoms with van der Waals surface area (Å²) in [5.74, 6) is 1.32. The molecule has 3 unspecified atom stereocenters. The van der Waals surface area contributed by atoms with Crippen LogP contribution >= 0.6 is 11.6 Å². The van der Waals surface area contributed by atoms with Crippen LogP contribution in [0.15, 0.2) is 12.1 Å². The van der Waals surface area contributed by atoms with E-state index in [9.17, 15) is 10.1 Å². The number of nitriles is 1. The molecule has 2 saturated carbocycles. The third kappa shape index (κ3) is 2.82. The highest BCUT2D eigenvalue weighted by Gasteiger charge is 2.56. The fraction of sp³-hybridized carbons (Fsp3) is 0.591. The van der Waals surface area contributed by atoms with E-state index in [1.165, 1.54) is 0 Å². The number of fused-ring (bicyclic) bond motifs is 1. The van der Waals surface area contributed by atoms with E-state index < -0.39 is 0 Å². The minimum Gasteiger partial charge on any atom is -0.495 e. The monoisotopic (exact) mass is 412 g/mol. The molecule has 3 atom stereocenters. The number of carbonyl (C=O) groups excluding carboxylic acids is 1. The lowest BCUT2D eigenvalue weighted by Gasteiger charge is -2.59. The average Bonchev–Trinajstić information content (AvgIpc) is 3.12. The zero-order chi connectivity index (χ0) is 20.3. The Balaban J connectivity index is 1.38. The summed E-state index contributed by atoms with van der Waals surface area (Å²) in [6.45, 7) is 2.03. The number of nitrogens with one attached hydrogen (secondary N) is 1. The molecular weight excluding hydrogens is 388 g/mol. The van der Waals surface area contributed by atoms with Gasteiger partial charge in [0.15, 0.2) is 0 Å². The van der Waals surface area contributed by atoms with Crippen molar-refractivity contribution in [3.8, 4) is 11.8 Å². The second-order valence-electron chi connectivity index (χ2n) is 9.17. The molecule has 2 aliphatic heterocycles. The van der Waals surface area contributed by atoms with Gasteiger partial charge < -0.3 is 9.64 Å². The van der Waals surface area contributed by atoms with Crippen molar-refractivity contribution in [3.05, 3.63) is 22.8 Å². The average molecular weight is 413 g/mol. The fourth-order valence-corrected chi connectivity index (χ4v) is 6.56. The van der Waals surface area contributed by atoms with Gasteiger partial charge in [-0.3, -0.25) is 9.89 Å². The highest BCUT2D eigenvalue weighted by molar-refractivity contribution is 6.37. The topological polar surface area (TPSA) is 82.0 Å². The van der Waals surface area contributed by atoms with Crippen molar-refractivity contribution in [2.24, 2.45) is 11.3 Å². The Kier molecular flexibility index (Phi) is 4.29. The third-order valence-electron chi connectivity index (χ3n) is 7.28. The minimum atomic E-state index is -0.193. The van der Waals surface area contributed by atoms with Gasteiger partial charge in [-0.05, 0) is 50.2 Å². The number of nitrogens with zero attached hydrogens (tertiary/aromatic N) is 3. The van der Waals surface area contributed by atoms with Gasteiger partial charge in [-0.1, -0.05) is 18.5 Å². The number of aromatic nitrogens is 2. The highest BCUT2D eigenvalue weighted by Crippen LogP contribution is 2.56. The number of aromatic amines is 1.